The van der Waals surface area contributed by atoms with Crippen LogP contribution in [0.2, 0.25) is 0 Å². The van der Waals surface area contributed by atoms with Crippen molar-refractivity contribution in [2.75, 3.05) is 26.8 Å². The molecule has 151 valence electrons. The summed E-state index contributed by atoms with van der Waals surface area (Å²) in [7, 11) is 1.67. The van der Waals surface area contributed by atoms with Crippen LogP contribution in [0.1, 0.15) is 31.9 Å². The number of nitrogens with zero attached hydrogens (tertiary/aromatic N) is 1. The molecule has 0 amide bonds. The summed E-state index contributed by atoms with van der Waals surface area (Å²) in [5, 5.41) is 22.9. The predicted molar refractivity (Wildman–Crippen MR) is 108 cm³/mol. The van der Waals surface area contributed by atoms with Gasteiger partial charge in [0, 0.05) is 38.1 Å². The van der Waals surface area contributed by atoms with E-state index >= 15 is 0 Å². The Morgan fingerprint density at radius 2 is 1.29 bits per heavy atom. The molecule has 0 aliphatic heterocycles. The van der Waals surface area contributed by atoms with E-state index in [1.54, 1.807) is 14.0 Å². The van der Waals surface area contributed by atoms with Crippen molar-refractivity contribution in [2.45, 2.75) is 38.4 Å². The Hall–Kier alpha value is -0.976. The summed E-state index contributed by atoms with van der Waals surface area (Å²) >= 11 is 0. The van der Waals surface area contributed by atoms with Gasteiger partial charge in [-0.05, 0) is 42.3 Å². The molecule has 2 unspecified atom stereocenters. The van der Waals surface area contributed by atoms with Gasteiger partial charge in [0.2, 0.25) is 0 Å². The minimum atomic E-state index is -0.583. The van der Waals surface area contributed by atoms with Crippen LogP contribution in [-0.2, 0) is 38.1 Å². The second kappa shape index (κ2) is 11.9. The molecule has 28 heavy (non-hydrogen) atoms. The molecule has 6 heteroatoms. The zero-order valence-electron chi connectivity index (χ0n) is 17.1. The fraction of sp³-hybridized carbons (Fsp3) is 0.455. The molecule has 0 aliphatic rings. The van der Waals surface area contributed by atoms with Crippen LogP contribution in [0.4, 0.5) is 0 Å². The first-order valence-corrected chi connectivity index (χ1v) is 9.21. The first-order valence-electron chi connectivity index (χ1n) is 9.21. The largest absolute Gasteiger partial charge is 0.663 e. The molecule has 2 N–H and O–H groups in total. The number of likely N-dealkylation sites (N-methyl/N-ethyl adjacent to an activating group) is 1. The van der Waals surface area contributed by atoms with E-state index in [9.17, 15) is 10.2 Å². The molecule has 2 aromatic carbocycles. The first kappa shape index (κ1) is 25.1. The van der Waals surface area contributed by atoms with Gasteiger partial charge in [-0.3, -0.25) is 0 Å². The molecule has 2 atom stereocenters. The molecular weight excluding hydrogens is 431 g/mol. The van der Waals surface area contributed by atoms with Crippen molar-refractivity contribution in [3.05, 3.63) is 65.0 Å². The molecule has 5 nitrogen and oxygen atoms in total. The van der Waals surface area contributed by atoms with Gasteiger partial charge < -0.3 is 25.0 Å². The van der Waals surface area contributed by atoms with Crippen LogP contribution >= 0.6 is 0 Å². The van der Waals surface area contributed by atoms with Crippen LogP contribution in [-0.4, -0.2) is 49.2 Å². The molecule has 2 rings (SSSR count). The second-order valence-electron chi connectivity index (χ2n) is 7.30. The molecule has 0 saturated carbocycles. The Kier molecular flexibility index (Phi) is 10.6. The second-order valence-corrected chi connectivity index (χ2v) is 7.30. The number of aliphatic hydroxyl groups excluding tert-OH is 2. The Labute approximate surface area is 193 Å². The van der Waals surface area contributed by atoms with E-state index < -0.39 is 12.2 Å². The van der Waals surface area contributed by atoms with Crippen LogP contribution in [0.15, 0.2) is 48.5 Å². The maximum absolute atomic E-state index is 9.69. The summed E-state index contributed by atoms with van der Waals surface area (Å²) in [5.41, 5.74) is 2.15. The number of hydrogen-bond donors (Lipinski definition) is 2. The van der Waals surface area contributed by atoms with Crippen molar-refractivity contribution in [1.82, 2.24) is 0 Å². The number of ether oxygens (including phenoxy) is 2. The summed E-state index contributed by atoms with van der Waals surface area (Å²) in [4.78, 5) is 0. The molecule has 0 saturated heterocycles. The molecule has 0 aliphatic carbocycles. The van der Waals surface area contributed by atoms with Crippen molar-refractivity contribution in [3.63, 3.8) is 0 Å². The summed E-state index contributed by atoms with van der Waals surface area (Å²) in [6.07, 6.45) is -1.07. The molecular formula is C22H30NO4Y-. The minimum absolute atomic E-state index is 0. The van der Waals surface area contributed by atoms with Gasteiger partial charge in [0.1, 0.15) is 24.7 Å². The van der Waals surface area contributed by atoms with E-state index in [4.69, 9.17) is 9.47 Å². The van der Waals surface area contributed by atoms with Crippen molar-refractivity contribution in [1.29, 1.82) is 0 Å². The summed E-state index contributed by atoms with van der Waals surface area (Å²) in [5.74, 6) is 1.48. The standard InChI is InChI=1S/C22H30NO4.Y/c1-16(24)14-26-20-9-5-17(6-10-20)22(2,3)18-7-11-21(12-8-18)27-15-19(25)13-23-4;/h5-12,16,19,24-25H,13-15H2,1-4H3;/q-1;. The van der Waals surface area contributed by atoms with Gasteiger partial charge in [0.15, 0.2) is 0 Å². The predicted octanol–water partition coefficient (Wildman–Crippen LogP) is 3.51. The zero-order valence-corrected chi connectivity index (χ0v) is 20.0. The molecule has 0 heterocycles. The Balaban J connectivity index is 0.00000392. The monoisotopic (exact) mass is 461 g/mol. The fourth-order valence-corrected chi connectivity index (χ4v) is 2.78. The number of aliphatic hydroxyl groups is 2. The van der Waals surface area contributed by atoms with Gasteiger partial charge in [-0.2, -0.15) is 7.05 Å². The average molecular weight is 461 g/mol. The molecule has 2 aromatic rings. The Morgan fingerprint density at radius 1 is 0.857 bits per heavy atom. The SMILES string of the molecule is C[N-]CC(O)COc1ccc(C(C)(C)c2ccc(OCC(C)O)cc2)cc1.[Y]. The third-order valence-electron chi connectivity index (χ3n) is 4.48. The normalized spacial score (nSPS) is 13.4. The van der Waals surface area contributed by atoms with E-state index in [0.717, 1.165) is 17.1 Å². The Morgan fingerprint density at radius 3 is 1.68 bits per heavy atom. The summed E-state index contributed by atoms with van der Waals surface area (Å²) < 4.78 is 11.1. The zero-order chi connectivity index (χ0) is 19.9. The smallest absolute Gasteiger partial charge is 0.119 e. The van der Waals surface area contributed by atoms with Crippen molar-refractivity contribution in [3.8, 4) is 11.5 Å². The maximum atomic E-state index is 9.69. The van der Waals surface area contributed by atoms with Crippen molar-refractivity contribution in [2.24, 2.45) is 0 Å². The topological polar surface area (TPSA) is 73.0 Å². The van der Waals surface area contributed by atoms with Gasteiger partial charge in [0.25, 0.3) is 0 Å². The number of benzene rings is 2. The van der Waals surface area contributed by atoms with E-state index in [0.29, 0.717) is 6.54 Å². The molecule has 0 bridgehead atoms. The van der Waals surface area contributed by atoms with Crippen LogP contribution in [0, 0.1) is 0 Å². The molecule has 0 fully saturated rings. The van der Waals surface area contributed by atoms with E-state index in [1.807, 2.05) is 48.5 Å². The third-order valence-corrected chi connectivity index (χ3v) is 4.48. The number of hydrogen-bond acceptors (Lipinski definition) is 4. The maximum Gasteiger partial charge on any atom is 0.119 e. The minimum Gasteiger partial charge on any atom is -0.663 e. The van der Waals surface area contributed by atoms with Crippen LogP contribution < -0.4 is 9.47 Å². The van der Waals surface area contributed by atoms with E-state index in [-0.39, 0.29) is 51.3 Å². The summed E-state index contributed by atoms with van der Waals surface area (Å²) in [6, 6.07) is 15.9. The third kappa shape index (κ3) is 7.45. The first-order chi connectivity index (χ1) is 12.8. The van der Waals surface area contributed by atoms with Gasteiger partial charge in [-0.25, -0.2) is 0 Å². The Bertz CT molecular complexity index is 687. The van der Waals surface area contributed by atoms with Crippen LogP contribution in [0.25, 0.3) is 5.32 Å². The molecule has 1 radical (unpaired) electrons. The van der Waals surface area contributed by atoms with E-state index in [1.165, 1.54) is 5.56 Å². The molecule has 0 aromatic heterocycles. The quantitative estimate of drug-likeness (QED) is 0.568. The van der Waals surface area contributed by atoms with Crippen LogP contribution in [0.3, 0.4) is 0 Å². The van der Waals surface area contributed by atoms with Gasteiger partial charge in [0.05, 0.1) is 12.2 Å². The average Bonchev–Trinajstić information content (AvgIpc) is 2.65. The van der Waals surface area contributed by atoms with Crippen molar-refractivity contribution < 1.29 is 52.4 Å². The van der Waals surface area contributed by atoms with Crippen molar-refractivity contribution >= 4 is 0 Å². The summed E-state index contributed by atoms with van der Waals surface area (Å²) in [6.45, 7) is 6.92. The van der Waals surface area contributed by atoms with Gasteiger partial charge in [-0.15, -0.1) is 6.54 Å². The van der Waals surface area contributed by atoms with E-state index in [2.05, 4.69) is 19.2 Å². The van der Waals surface area contributed by atoms with Gasteiger partial charge in [-0.1, -0.05) is 38.1 Å². The van der Waals surface area contributed by atoms with Gasteiger partial charge >= 0.3 is 0 Å². The molecule has 0 spiro atoms. The fourth-order valence-electron chi connectivity index (χ4n) is 2.78. The van der Waals surface area contributed by atoms with Crippen LogP contribution in [0.5, 0.6) is 11.5 Å². The number of rotatable bonds is 10.